The first-order chi connectivity index (χ1) is 11.8. The predicted octanol–water partition coefficient (Wildman–Crippen LogP) is 0.800. The highest BCUT2D eigenvalue weighted by Crippen LogP contribution is 2.28. The number of nitrogens with zero attached hydrogens (tertiary/aromatic N) is 6. The van der Waals surface area contributed by atoms with Gasteiger partial charge in [0.2, 0.25) is 5.91 Å². The smallest absolute Gasteiger partial charge is 0.223 e. The van der Waals surface area contributed by atoms with Crippen LogP contribution in [-0.4, -0.2) is 50.3 Å². The van der Waals surface area contributed by atoms with Crippen molar-refractivity contribution in [2.75, 3.05) is 24.5 Å². The Morgan fingerprint density at radius 1 is 1.12 bits per heavy atom. The van der Waals surface area contributed by atoms with E-state index in [4.69, 9.17) is 0 Å². The van der Waals surface area contributed by atoms with Crippen molar-refractivity contribution in [3.05, 3.63) is 25.0 Å². The van der Waals surface area contributed by atoms with Crippen LogP contribution in [-0.2, 0) is 4.79 Å². The zero-order valence-corrected chi connectivity index (χ0v) is 13.5. The minimum atomic E-state index is 0.122. The van der Waals surface area contributed by atoms with E-state index in [0.717, 1.165) is 44.2 Å². The van der Waals surface area contributed by atoms with Gasteiger partial charge in [-0.25, -0.2) is 19.6 Å². The molecule has 1 saturated heterocycles. The molecule has 0 radical (unpaired) electrons. The molecule has 8 heteroatoms. The first kappa shape index (κ1) is 15.0. The Bertz CT molecular complexity index is 690. The molecule has 2 aliphatic rings. The van der Waals surface area contributed by atoms with Crippen LogP contribution in [0.5, 0.6) is 0 Å². The molecule has 0 unspecified atom stereocenters. The van der Waals surface area contributed by atoms with Crippen LogP contribution in [0, 0.1) is 11.8 Å². The molecule has 1 N–H and O–H groups in total. The molecule has 1 aliphatic heterocycles. The average Bonchev–Trinajstić information content (AvgIpc) is 3.30. The summed E-state index contributed by atoms with van der Waals surface area (Å²) in [6, 6.07) is 1.90. The normalized spacial score (nSPS) is 18.6. The van der Waals surface area contributed by atoms with Crippen LogP contribution >= 0.6 is 0 Å². The van der Waals surface area contributed by atoms with Gasteiger partial charge in [-0.1, -0.05) is 0 Å². The van der Waals surface area contributed by atoms with Crippen molar-refractivity contribution >= 4 is 11.7 Å². The summed E-state index contributed by atoms with van der Waals surface area (Å²) in [5.41, 5.74) is 0. The summed E-state index contributed by atoms with van der Waals surface area (Å²) in [7, 11) is 0. The summed E-state index contributed by atoms with van der Waals surface area (Å²) in [6.07, 6.45) is 8.89. The highest BCUT2D eigenvalue weighted by molar-refractivity contribution is 5.79. The second kappa shape index (κ2) is 6.54. The van der Waals surface area contributed by atoms with Crippen molar-refractivity contribution in [1.82, 2.24) is 30.0 Å². The lowest BCUT2D eigenvalue weighted by Crippen LogP contribution is -2.41. The Hall–Kier alpha value is -2.51. The van der Waals surface area contributed by atoms with Gasteiger partial charge in [-0.15, -0.1) is 0 Å². The lowest BCUT2D eigenvalue weighted by molar-refractivity contribution is -0.125. The second-order valence-electron chi connectivity index (χ2n) is 6.52. The van der Waals surface area contributed by atoms with E-state index in [1.165, 1.54) is 19.2 Å². The van der Waals surface area contributed by atoms with Gasteiger partial charge in [0.25, 0.3) is 0 Å². The maximum Gasteiger partial charge on any atom is 0.223 e. The van der Waals surface area contributed by atoms with Crippen molar-refractivity contribution in [2.45, 2.75) is 25.7 Å². The number of amides is 1. The summed E-state index contributed by atoms with van der Waals surface area (Å²) in [4.78, 5) is 26.9. The van der Waals surface area contributed by atoms with Crippen molar-refractivity contribution < 1.29 is 4.79 Å². The maximum absolute atomic E-state index is 12.2. The molecule has 126 valence electrons. The largest absolute Gasteiger partial charge is 0.356 e. The molecule has 1 amide bonds. The highest BCUT2D eigenvalue weighted by Gasteiger charge is 2.28. The molecular formula is C16H21N7O. The van der Waals surface area contributed by atoms with Crippen LogP contribution < -0.4 is 10.2 Å². The fourth-order valence-electron chi connectivity index (χ4n) is 3.04. The molecule has 1 saturated carbocycles. The van der Waals surface area contributed by atoms with E-state index in [9.17, 15) is 4.79 Å². The van der Waals surface area contributed by atoms with Crippen LogP contribution in [0.25, 0.3) is 5.82 Å². The molecule has 2 aromatic rings. The molecule has 3 heterocycles. The van der Waals surface area contributed by atoms with Crippen LogP contribution in [0.4, 0.5) is 5.82 Å². The van der Waals surface area contributed by atoms with E-state index in [0.29, 0.717) is 5.82 Å². The SMILES string of the molecule is O=C(NCC1CC1)C1CCN(c2cc(-n3cncn3)ncn2)CC1. The molecule has 1 aliphatic carbocycles. The third-order valence-electron chi connectivity index (χ3n) is 4.74. The van der Waals surface area contributed by atoms with Gasteiger partial charge >= 0.3 is 0 Å². The first-order valence-electron chi connectivity index (χ1n) is 8.49. The van der Waals surface area contributed by atoms with Gasteiger partial charge in [0.1, 0.15) is 24.8 Å². The van der Waals surface area contributed by atoms with Gasteiger partial charge in [-0.2, -0.15) is 5.10 Å². The van der Waals surface area contributed by atoms with Crippen molar-refractivity contribution in [1.29, 1.82) is 0 Å². The number of hydrogen-bond donors (Lipinski definition) is 1. The molecule has 0 bridgehead atoms. The van der Waals surface area contributed by atoms with E-state index in [1.54, 1.807) is 17.3 Å². The van der Waals surface area contributed by atoms with Crippen LogP contribution in [0.15, 0.2) is 25.0 Å². The Kier molecular flexibility index (Phi) is 4.10. The number of carbonyl (C=O) groups is 1. The van der Waals surface area contributed by atoms with Crippen molar-refractivity contribution in [3.63, 3.8) is 0 Å². The van der Waals surface area contributed by atoms with Gasteiger partial charge in [0.05, 0.1) is 0 Å². The summed E-state index contributed by atoms with van der Waals surface area (Å²) in [5.74, 6) is 2.63. The molecule has 0 spiro atoms. The number of nitrogens with one attached hydrogen (secondary N) is 1. The van der Waals surface area contributed by atoms with Gasteiger partial charge in [0, 0.05) is 31.6 Å². The van der Waals surface area contributed by atoms with E-state index < -0.39 is 0 Å². The topological polar surface area (TPSA) is 88.8 Å². The van der Waals surface area contributed by atoms with E-state index in [2.05, 4.69) is 30.3 Å². The van der Waals surface area contributed by atoms with Gasteiger partial charge in [-0.05, 0) is 31.6 Å². The average molecular weight is 327 g/mol. The lowest BCUT2D eigenvalue weighted by Gasteiger charge is -2.32. The standard InChI is InChI=1S/C16H21N7O/c24-16(18-8-12-1-2-12)13-3-5-22(6-4-13)14-7-15(20-10-19-14)23-11-17-9-21-23/h7,9-13H,1-6,8H2,(H,18,24). The maximum atomic E-state index is 12.2. The van der Waals surface area contributed by atoms with E-state index in [-0.39, 0.29) is 11.8 Å². The highest BCUT2D eigenvalue weighted by atomic mass is 16.1. The summed E-state index contributed by atoms with van der Waals surface area (Å²) < 4.78 is 1.61. The lowest BCUT2D eigenvalue weighted by atomic mass is 9.96. The summed E-state index contributed by atoms with van der Waals surface area (Å²) in [6.45, 7) is 2.51. The molecule has 0 atom stereocenters. The summed E-state index contributed by atoms with van der Waals surface area (Å²) in [5, 5.41) is 7.19. The Balaban J connectivity index is 1.35. The van der Waals surface area contributed by atoms with Gasteiger partial charge in [-0.3, -0.25) is 4.79 Å². The van der Waals surface area contributed by atoms with Gasteiger partial charge < -0.3 is 10.2 Å². The second-order valence-corrected chi connectivity index (χ2v) is 6.52. The number of carbonyl (C=O) groups excluding carboxylic acids is 1. The van der Waals surface area contributed by atoms with Crippen LogP contribution in [0.1, 0.15) is 25.7 Å². The molecule has 24 heavy (non-hydrogen) atoms. The Labute approximate surface area is 140 Å². The Morgan fingerprint density at radius 2 is 1.92 bits per heavy atom. The van der Waals surface area contributed by atoms with Crippen LogP contribution in [0.2, 0.25) is 0 Å². The van der Waals surface area contributed by atoms with Crippen LogP contribution in [0.3, 0.4) is 0 Å². The molecule has 4 rings (SSSR count). The van der Waals surface area contributed by atoms with E-state index in [1.807, 2.05) is 6.07 Å². The predicted molar refractivity (Wildman–Crippen MR) is 87.6 cm³/mol. The molecule has 8 nitrogen and oxygen atoms in total. The minimum Gasteiger partial charge on any atom is -0.356 e. The van der Waals surface area contributed by atoms with Crippen molar-refractivity contribution in [3.8, 4) is 5.82 Å². The molecule has 2 aromatic heterocycles. The number of piperidine rings is 1. The number of hydrogen-bond acceptors (Lipinski definition) is 6. The van der Waals surface area contributed by atoms with Gasteiger partial charge in [0.15, 0.2) is 5.82 Å². The quantitative estimate of drug-likeness (QED) is 0.874. The number of anilines is 1. The number of rotatable bonds is 5. The first-order valence-corrected chi connectivity index (χ1v) is 8.49. The van der Waals surface area contributed by atoms with Crippen molar-refractivity contribution in [2.24, 2.45) is 11.8 Å². The fraction of sp³-hybridized carbons (Fsp3) is 0.562. The van der Waals surface area contributed by atoms with E-state index >= 15 is 0 Å². The third-order valence-corrected chi connectivity index (χ3v) is 4.74. The summed E-state index contributed by atoms with van der Waals surface area (Å²) >= 11 is 0. The monoisotopic (exact) mass is 327 g/mol. The zero-order chi connectivity index (χ0) is 16.4. The minimum absolute atomic E-state index is 0.122. The molecule has 2 fully saturated rings. The molecule has 0 aromatic carbocycles. The zero-order valence-electron chi connectivity index (χ0n) is 13.5. The third kappa shape index (κ3) is 3.37. The Morgan fingerprint density at radius 3 is 2.62 bits per heavy atom. The molecular weight excluding hydrogens is 306 g/mol. The fourth-order valence-corrected chi connectivity index (χ4v) is 3.04. The number of aromatic nitrogens is 5.